The fourth-order valence-corrected chi connectivity index (χ4v) is 5.78. The number of aryl methyl sites for hydroxylation is 1. The van der Waals surface area contributed by atoms with E-state index in [1.807, 2.05) is 4.31 Å². The van der Waals surface area contributed by atoms with Crippen LogP contribution in [0, 0.1) is 6.92 Å². The van der Waals surface area contributed by atoms with E-state index in [1.165, 1.54) is 0 Å². The van der Waals surface area contributed by atoms with Crippen molar-refractivity contribution in [2.75, 3.05) is 39.4 Å². The van der Waals surface area contributed by atoms with Gasteiger partial charge in [-0.15, -0.1) is 0 Å². The van der Waals surface area contributed by atoms with Crippen LogP contribution in [0.1, 0.15) is 17.6 Å². The molecule has 1 aromatic carbocycles. The van der Waals surface area contributed by atoms with Gasteiger partial charge in [0.25, 0.3) is 11.8 Å². The number of hydrogen-bond acceptors (Lipinski definition) is 8. The van der Waals surface area contributed by atoms with Crippen LogP contribution >= 0.6 is 0 Å². The summed E-state index contributed by atoms with van der Waals surface area (Å²) in [4.78, 5) is 23.8. The van der Waals surface area contributed by atoms with Crippen LogP contribution in [-0.2, 0) is 15.8 Å². The van der Waals surface area contributed by atoms with E-state index >= 15 is 0 Å². The number of amides is 1. The molecule has 3 aliphatic rings. The van der Waals surface area contributed by atoms with Crippen molar-refractivity contribution in [3.8, 4) is 11.6 Å². The minimum absolute atomic E-state index is 0.383. The molecule has 3 aromatic rings. The van der Waals surface area contributed by atoms with E-state index in [9.17, 15) is 14.1 Å². The molecule has 0 radical (unpaired) electrons. The quantitative estimate of drug-likeness (QED) is 0.556. The van der Waals surface area contributed by atoms with Crippen molar-refractivity contribution in [1.29, 1.82) is 0 Å². The van der Waals surface area contributed by atoms with Gasteiger partial charge in [-0.05, 0) is 17.2 Å². The predicted octanol–water partition coefficient (Wildman–Crippen LogP) is 1.51. The molecule has 0 spiro atoms. The number of oxazole rings is 1. The van der Waals surface area contributed by atoms with E-state index in [4.69, 9.17) is 13.9 Å². The molecular weight excluding hydrogens is 460 g/mol. The van der Waals surface area contributed by atoms with Crippen molar-refractivity contribution in [3.05, 3.63) is 53.1 Å². The van der Waals surface area contributed by atoms with Gasteiger partial charge in [-0.3, -0.25) is 4.79 Å². The number of carbonyl (C=O) groups excluding carboxylic acids is 1. The Morgan fingerprint density at radius 3 is 2.71 bits per heavy atom. The number of ether oxygens (including phenoxy) is 2. The van der Waals surface area contributed by atoms with Gasteiger partial charge in [-0.25, -0.2) is 18.5 Å². The highest BCUT2D eigenvalue weighted by atomic mass is 32.2. The molecule has 0 fully saturated rings. The Morgan fingerprint density at radius 2 is 1.91 bits per heavy atom. The summed E-state index contributed by atoms with van der Waals surface area (Å²) in [5, 5.41) is 10.8. The highest BCUT2D eigenvalue weighted by Crippen LogP contribution is 2.34. The van der Waals surface area contributed by atoms with E-state index < -0.39 is 17.1 Å². The topological polar surface area (TPSA) is 118 Å². The normalized spacial score (nSPS) is 19.5. The second-order valence-corrected chi connectivity index (χ2v) is 9.94. The van der Waals surface area contributed by atoms with Gasteiger partial charge in [0.15, 0.2) is 23.3 Å². The number of nitrogens with zero attached hydrogens (tertiary/aromatic N) is 4. The molecular formula is C23H22N4O6S. The number of carbonyl (C=O) groups is 1. The molecule has 176 valence electrons. The van der Waals surface area contributed by atoms with Crippen molar-refractivity contribution in [2.24, 2.45) is 0 Å². The van der Waals surface area contributed by atoms with Gasteiger partial charge in [0.05, 0.1) is 4.90 Å². The van der Waals surface area contributed by atoms with Gasteiger partial charge in [-0.1, -0.05) is 12.1 Å². The van der Waals surface area contributed by atoms with Gasteiger partial charge < -0.3 is 23.9 Å². The first-order valence-electron chi connectivity index (χ1n) is 10.9. The Morgan fingerprint density at radius 1 is 1.15 bits per heavy atom. The maximum Gasteiger partial charge on any atom is 0.257 e. The van der Waals surface area contributed by atoms with Gasteiger partial charge in [0.2, 0.25) is 0 Å². The zero-order chi connectivity index (χ0) is 23.4. The molecule has 0 bridgehead atoms. The second kappa shape index (κ2) is 8.19. The van der Waals surface area contributed by atoms with Crippen molar-refractivity contribution in [1.82, 2.24) is 19.2 Å². The van der Waals surface area contributed by atoms with Gasteiger partial charge >= 0.3 is 0 Å². The number of benzene rings is 1. The summed E-state index contributed by atoms with van der Waals surface area (Å²) in [5.74, 6) is 1.01. The number of fused-ring (bicyclic) bond motifs is 2. The Hall–Kier alpha value is -3.28. The van der Waals surface area contributed by atoms with Crippen LogP contribution in [0.2, 0.25) is 0 Å². The molecule has 11 heteroatoms. The summed E-state index contributed by atoms with van der Waals surface area (Å²) in [6, 6.07) is 6.89. The average molecular weight is 483 g/mol. The third-order valence-corrected chi connectivity index (χ3v) is 7.56. The predicted molar refractivity (Wildman–Crippen MR) is 121 cm³/mol. The number of aromatic nitrogens is 2. The summed E-state index contributed by atoms with van der Waals surface area (Å²) < 4.78 is 31.5. The Bertz CT molecular complexity index is 1350. The summed E-state index contributed by atoms with van der Waals surface area (Å²) in [7, 11) is -1.42. The first kappa shape index (κ1) is 21.3. The van der Waals surface area contributed by atoms with Crippen molar-refractivity contribution in [2.45, 2.75) is 17.9 Å². The van der Waals surface area contributed by atoms with E-state index in [0.29, 0.717) is 78.5 Å². The smallest absolute Gasteiger partial charge is 0.257 e. The molecule has 2 aromatic heterocycles. The lowest BCUT2D eigenvalue weighted by atomic mass is 10.1. The van der Waals surface area contributed by atoms with Crippen molar-refractivity contribution in [3.63, 3.8) is 0 Å². The minimum Gasteiger partial charge on any atom is -0.484 e. The maximum atomic E-state index is 13.1. The number of para-hydroxylation sites is 1. The Labute approximate surface area is 197 Å². The first-order chi connectivity index (χ1) is 16.5. The molecule has 3 aliphatic heterocycles. The molecule has 1 N–H and O–H groups in total. The molecule has 0 aliphatic carbocycles. The first-order valence-corrected chi connectivity index (χ1v) is 12.0. The Balaban J connectivity index is 1.12. The zero-order valence-corrected chi connectivity index (χ0v) is 19.2. The molecule has 34 heavy (non-hydrogen) atoms. The lowest BCUT2D eigenvalue weighted by molar-refractivity contribution is -0.139. The monoisotopic (exact) mass is 482 g/mol. The van der Waals surface area contributed by atoms with Crippen LogP contribution in [0.5, 0.6) is 11.6 Å². The standard InChI is InChI=1S/C23H22N4O6S/c1-13-25-20-17(3-2-4-18(20)33-13)21(28)23(29)26-9-14-11-27(12-15(14)10-26)34(30)16-7-19-22(24-8-16)32-6-5-31-19/h2-4,7-8,21,28H,5-6,9-12H2,1H3/t21-,34?/m1/s1. The highest BCUT2D eigenvalue weighted by Gasteiger charge is 2.37. The number of aliphatic hydroxyl groups excluding tert-OH is 1. The summed E-state index contributed by atoms with van der Waals surface area (Å²) >= 11 is 0. The zero-order valence-electron chi connectivity index (χ0n) is 18.4. The van der Waals surface area contributed by atoms with Gasteiger partial charge in [0, 0.05) is 50.9 Å². The van der Waals surface area contributed by atoms with E-state index in [-0.39, 0.29) is 5.91 Å². The van der Waals surface area contributed by atoms with Crippen LogP contribution in [0.3, 0.4) is 0 Å². The summed E-state index contributed by atoms with van der Waals surface area (Å²) in [6.07, 6.45) is 0.216. The largest absolute Gasteiger partial charge is 0.484 e. The van der Waals surface area contributed by atoms with E-state index in [1.54, 1.807) is 42.3 Å². The van der Waals surface area contributed by atoms with Crippen LogP contribution in [0.15, 0.2) is 50.9 Å². The second-order valence-electron chi connectivity index (χ2n) is 8.45. The SMILES string of the molecule is Cc1nc2c([C@@H](O)C(=O)N3CC4=C(C3)CN(S(=O)c3cnc5c(c3)OCCO5)C4)cccc2o1. The molecule has 2 atom stereocenters. The molecule has 5 heterocycles. The minimum atomic E-state index is -1.42. The molecule has 6 rings (SSSR count). The third kappa shape index (κ3) is 3.56. The van der Waals surface area contributed by atoms with E-state index in [0.717, 1.165) is 11.1 Å². The average Bonchev–Trinajstić information content (AvgIpc) is 3.54. The Kier molecular flexibility index (Phi) is 5.12. The van der Waals surface area contributed by atoms with Crippen molar-refractivity contribution < 1.29 is 28.0 Å². The molecule has 10 nitrogen and oxygen atoms in total. The van der Waals surface area contributed by atoms with Crippen LogP contribution in [0.4, 0.5) is 0 Å². The van der Waals surface area contributed by atoms with Crippen LogP contribution in [0.25, 0.3) is 11.1 Å². The highest BCUT2D eigenvalue weighted by molar-refractivity contribution is 7.82. The van der Waals surface area contributed by atoms with Crippen LogP contribution in [-0.4, -0.2) is 73.8 Å². The molecule has 0 saturated heterocycles. The molecule has 1 unspecified atom stereocenters. The number of rotatable bonds is 4. The molecule has 1 amide bonds. The fourth-order valence-electron chi connectivity index (χ4n) is 4.59. The van der Waals surface area contributed by atoms with Crippen LogP contribution < -0.4 is 9.47 Å². The lowest BCUT2D eigenvalue weighted by Crippen LogP contribution is -2.37. The van der Waals surface area contributed by atoms with Gasteiger partial charge in [0.1, 0.15) is 29.7 Å². The molecule has 0 saturated carbocycles. The lowest BCUT2D eigenvalue weighted by Gasteiger charge is -2.24. The van der Waals surface area contributed by atoms with Gasteiger partial charge in [-0.2, -0.15) is 0 Å². The van der Waals surface area contributed by atoms with Crippen molar-refractivity contribution >= 4 is 28.0 Å². The summed E-state index contributed by atoms with van der Waals surface area (Å²) in [6.45, 7) is 4.36. The summed E-state index contributed by atoms with van der Waals surface area (Å²) in [5.41, 5.74) is 3.57. The van der Waals surface area contributed by atoms with E-state index in [2.05, 4.69) is 9.97 Å². The maximum absolute atomic E-state index is 13.1. The number of pyridine rings is 1. The fraction of sp³-hybridized carbons (Fsp3) is 0.348. The third-order valence-electron chi connectivity index (χ3n) is 6.20. The number of aliphatic hydroxyl groups is 1. The number of hydrogen-bond donors (Lipinski definition) is 1.